The third-order valence-electron chi connectivity index (χ3n) is 9.36. The second-order valence-corrected chi connectivity index (χ2v) is 13.0. The number of hydrogen-bond acceptors (Lipinski definition) is 3. The second-order valence-electron chi connectivity index (χ2n) is 12.2. The van der Waals surface area contributed by atoms with Gasteiger partial charge in [0.25, 0.3) is 0 Å². The van der Waals surface area contributed by atoms with Crippen molar-refractivity contribution in [3.05, 3.63) is 117 Å². The zero-order valence-corrected chi connectivity index (χ0v) is 27.3. The maximum atomic E-state index is 6.61. The lowest BCUT2D eigenvalue weighted by Crippen LogP contribution is -2.29. The molecule has 0 aromatic heterocycles. The van der Waals surface area contributed by atoms with E-state index in [-0.39, 0.29) is 5.41 Å². The molecule has 2 aliphatic heterocycles. The highest BCUT2D eigenvalue weighted by atomic mass is 35.5. The summed E-state index contributed by atoms with van der Waals surface area (Å²) in [6.07, 6.45) is 7.38. The Hall–Kier alpha value is -3.73. The van der Waals surface area contributed by atoms with Crippen molar-refractivity contribution in [2.24, 2.45) is 0 Å². The van der Waals surface area contributed by atoms with Gasteiger partial charge >= 0.3 is 0 Å². The minimum atomic E-state index is -0.397. The van der Waals surface area contributed by atoms with E-state index in [9.17, 15) is 0 Å². The molecule has 43 heavy (non-hydrogen) atoms. The van der Waals surface area contributed by atoms with Crippen molar-refractivity contribution in [2.45, 2.75) is 38.0 Å². The highest BCUT2D eigenvalue weighted by Gasteiger charge is 2.45. The molecule has 220 valence electrons. The maximum Gasteiger partial charge on any atom is 0.210 e. The van der Waals surface area contributed by atoms with Crippen molar-refractivity contribution in [1.82, 2.24) is 0 Å². The van der Waals surface area contributed by atoms with Gasteiger partial charge in [0.05, 0.1) is 29.7 Å². The van der Waals surface area contributed by atoms with Gasteiger partial charge in [-0.2, -0.15) is 4.58 Å². The lowest BCUT2D eigenvalue weighted by Gasteiger charge is -2.29. The summed E-state index contributed by atoms with van der Waals surface area (Å²) in [6.45, 7) is 6.90. The highest BCUT2D eigenvalue weighted by Crippen LogP contribution is 2.52. The van der Waals surface area contributed by atoms with Crippen LogP contribution in [0.4, 0.5) is 11.4 Å². The number of fused-ring (bicyclic) bond motifs is 4. The standard InChI is InChI=1S/C37H37Cl2N2O2/c1-36(2)33(40(4)30-18-16-23-11-8-9-12-26(23)35(30)36)13-10-14-34-37(3,22-24-15-17-25(42-6)19-32(24)43-7)27-20-28(38)29(39)21-31(27)41(34)5/h8-21H,22H2,1-7H3/q+1. The molecule has 6 rings (SSSR count). The summed E-state index contributed by atoms with van der Waals surface area (Å²) in [4.78, 5) is 2.23. The van der Waals surface area contributed by atoms with Crippen LogP contribution in [-0.4, -0.2) is 38.6 Å². The molecule has 2 heterocycles. The Balaban J connectivity index is 1.44. The second kappa shape index (κ2) is 10.8. The molecule has 1 atom stereocenters. The molecule has 0 radical (unpaired) electrons. The fourth-order valence-electron chi connectivity index (χ4n) is 7.18. The van der Waals surface area contributed by atoms with Crippen LogP contribution in [-0.2, 0) is 17.3 Å². The summed E-state index contributed by atoms with van der Waals surface area (Å²) < 4.78 is 13.6. The predicted octanol–water partition coefficient (Wildman–Crippen LogP) is 9.26. The molecule has 4 aromatic carbocycles. The number of anilines is 1. The minimum absolute atomic E-state index is 0.161. The van der Waals surface area contributed by atoms with Gasteiger partial charge in [-0.05, 0) is 79.4 Å². The summed E-state index contributed by atoms with van der Waals surface area (Å²) in [5.74, 6) is 1.55. The molecule has 0 saturated carbocycles. The molecule has 2 aliphatic rings. The SMILES string of the molecule is COc1ccc(CC2(C)C(=CC=CC3=[N+](C)c4ccc5ccccc5c4C3(C)C)N(C)c3cc(Cl)c(Cl)cc32)c(OC)c1. The molecule has 4 nitrogen and oxygen atoms in total. The van der Waals surface area contributed by atoms with Crippen LogP contribution in [0.3, 0.4) is 0 Å². The molecule has 0 saturated heterocycles. The molecule has 0 bridgehead atoms. The van der Waals surface area contributed by atoms with E-state index in [0.29, 0.717) is 16.5 Å². The lowest BCUT2D eigenvalue weighted by atomic mass is 9.76. The molecular formula is C37H37Cl2N2O2+. The molecular weight excluding hydrogens is 575 g/mol. The zero-order valence-electron chi connectivity index (χ0n) is 25.8. The van der Waals surface area contributed by atoms with E-state index >= 15 is 0 Å². The number of likely N-dealkylation sites (N-methyl/N-ethyl adjacent to an activating group) is 1. The Morgan fingerprint density at radius 2 is 1.65 bits per heavy atom. The first kappa shape index (κ1) is 29.3. The average Bonchev–Trinajstić information content (AvgIpc) is 3.31. The van der Waals surface area contributed by atoms with Gasteiger partial charge in [-0.3, -0.25) is 0 Å². The van der Waals surface area contributed by atoms with Crippen molar-refractivity contribution in [3.8, 4) is 11.5 Å². The van der Waals surface area contributed by atoms with Crippen LogP contribution in [0, 0.1) is 0 Å². The first-order chi connectivity index (χ1) is 20.5. The summed E-state index contributed by atoms with van der Waals surface area (Å²) >= 11 is 13.1. The van der Waals surface area contributed by atoms with Crippen LogP contribution < -0.4 is 14.4 Å². The van der Waals surface area contributed by atoms with E-state index < -0.39 is 5.41 Å². The predicted molar refractivity (Wildman–Crippen MR) is 181 cm³/mol. The average molecular weight is 613 g/mol. The normalized spacial score (nSPS) is 19.9. The Morgan fingerprint density at radius 1 is 0.907 bits per heavy atom. The van der Waals surface area contributed by atoms with Gasteiger partial charge in [0.1, 0.15) is 18.5 Å². The first-order valence-electron chi connectivity index (χ1n) is 14.5. The Labute approximate surface area is 264 Å². The number of ether oxygens (including phenoxy) is 2. The molecule has 0 aliphatic carbocycles. The number of benzene rings is 4. The number of allylic oxidation sites excluding steroid dienone is 4. The summed E-state index contributed by atoms with van der Waals surface area (Å²) in [6, 6.07) is 23.1. The van der Waals surface area contributed by atoms with Crippen LogP contribution >= 0.6 is 23.2 Å². The van der Waals surface area contributed by atoms with Gasteiger partial charge in [0.2, 0.25) is 5.69 Å². The zero-order chi connectivity index (χ0) is 30.7. The monoisotopic (exact) mass is 611 g/mol. The van der Waals surface area contributed by atoms with Crippen LogP contribution in [0.5, 0.6) is 11.5 Å². The molecule has 0 N–H and O–H groups in total. The molecule has 0 spiro atoms. The molecule has 0 fully saturated rings. The van der Waals surface area contributed by atoms with E-state index in [2.05, 4.69) is 105 Å². The van der Waals surface area contributed by atoms with Crippen LogP contribution in [0.15, 0.2) is 90.7 Å². The van der Waals surface area contributed by atoms with Crippen LogP contribution in [0.1, 0.15) is 37.5 Å². The Kier molecular flexibility index (Phi) is 7.35. The third-order valence-corrected chi connectivity index (χ3v) is 10.1. The quantitative estimate of drug-likeness (QED) is 0.203. The third kappa shape index (κ3) is 4.63. The van der Waals surface area contributed by atoms with Crippen LogP contribution in [0.2, 0.25) is 10.0 Å². The van der Waals surface area contributed by atoms with Gasteiger partial charge in [0, 0.05) is 47.6 Å². The fraction of sp³-hybridized carbons (Fsp3) is 0.270. The molecule has 4 aromatic rings. The Bertz CT molecular complexity index is 1870. The molecule has 1 unspecified atom stereocenters. The van der Waals surface area contributed by atoms with Gasteiger partial charge in [-0.15, -0.1) is 0 Å². The summed E-state index contributed by atoms with van der Waals surface area (Å²) in [5.41, 5.74) is 7.72. The van der Waals surface area contributed by atoms with Crippen molar-refractivity contribution in [3.63, 3.8) is 0 Å². The van der Waals surface area contributed by atoms with Gasteiger partial charge in [0.15, 0.2) is 5.71 Å². The number of halogens is 2. The largest absolute Gasteiger partial charge is 0.497 e. The van der Waals surface area contributed by atoms with Gasteiger partial charge < -0.3 is 14.4 Å². The van der Waals surface area contributed by atoms with Crippen molar-refractivity contribution in [2.75, 3.05) is 33.2 Å². The van der Waals surface area contributed by atoms with Gasteiger partial charge in [-0.1, -0.05) is 59.6 Å². The number of rotatable bonds is 6. The van der Waals surface area contributed by atoms with Crippen molar-refractivity contribution >= 4 is 51.1 Å². The van der Waals surface area contributed by atoms with Crippen molar-refractivity contribution in [1.29, 1.82) is 0 Å². The maximum absolute atomic E-state index is 6.61. The molecule has 0 amide bonds. The first-order valence-corrected chi connectivity index (χ1v) is 15.2. The topological polar surface area (TPSA) is 24.7 Å². The fourth-order valence-corrected chi connectivity index (χ4v) is 7.50. The summed E-state index contributed by atoms with van der Waals surface area (Å²) in [5, 5.41) is 3.67. The lowest BCUT2D eigenvalue weighted by molar-refractivity contribution is -0.401. The summed E-state index contributed by atoms with van der Waals surface area (Å²) in [7, 11) is 7.62. The minimum Gasteiger partial charge on any atom is -0.497 e. The smallest absolute Gasteiger partial charge is 0.210 e. The van der Waals surface area contributed by atoms with Crippen molar-refractivity contribution < 1.29 is 14.0 Å². The van der Waals surface area contributed by atoms with E-state index in [4.69, 9.17) is 32.7 Å². The molecule has 6 heteroatoms. The van der Waals surface area contributed by atoms with E-state index in [0.717, 1.165) is 34.0 Å². The number of hydrogen-bond donors (Lipinski definition) is 0. The number of nitrogens with zero attached hydrogens (tertiary/aromatic N) is 2. The van der Waals surface area contributed by atoms with E-state index in [1.807, 2.05) is 24.3 Å². The Morgan fingerprint density at radius 3 is 2.40 bits per heavy atom. The van der Waals surface area contributed by atoms with E-state index in [1.165, 1.54) is 27.7 Å². The highest BCUT2D eigenvalue weighted by molar-refractivity contribution is 6.42. The number of methoxy groups -OCH3 is 2. The van der Waals surface area contributed by atoms with E-state index in [1.54, 1.807) is 14.2 Å². The van der Waals surface area contributed by atoms with Gasteiger partial charge in [-0.25, -0.2) is 0 Å². The van der Waals surface area contributed by atoms with Crippen LogP contribution in [0.25, 0.3) is 10.8 Å².